The molecule has 3 rings (SSSR count). The predicted molar refractivity (Wildman–Crippen MR) is 90.7 cm³/mol. The molecule has 2 aromatic rings. The van der Waals surface area contributed by atoms with Crippen molar-refractivity contribution >= 4 is 23.2 Å². The molecule has 0 fully saturated rings. The molecule has 0 saturated heterocycles. The molecular weight excluding hydrogens is 348 g/mol. The van der Waals surface area contributed by atoms with Crippen molar-refractivity contribution in [2.45, 2.75) is 13.0 Å². The van der Waals surface area contributed by atoms with Gasteiger partial charge in [-0.15, -0.1) is 0 Å². The van der Waals surface area contributed by atoms with E-state index in [1.165, 1.54) is 18.2 Å². The summed E-state index contributed by atoms with van der Waals surface area (Å²) in [5.41, 5.74) is 0.992. The highest BCUT2D eigenvalue weighted by atomic mass is 35.5. The average molecular weight is 363 g/mol. The molecule has 1 aliphatic rings. The minimum absolute atomic E-state index is 0.00868. The third kappa shape index (κ3) is 3.83. The highest BCUT2D eigenvalue weighted by Gasteiger charge is 2.26. The topological polar surface area (TPSA) is 102 Å². The molecule has 8 heteroatoms. The zero-order chi connectivity index (χ0) is 18.0. The van der Waals surface area contributed by atoms with Gasteiger partial charge >= 0.3 is 0 Å². The van der Waals surface area contributed by atoms with Crippen molar-refractivity contribution in [3.63, 3.8) is 0 Å². The van der Waals surface area contributed by atoms with Crippen LogP contribution >= 0.6 is 11.6 Å². The van der Waals surface area contributed by atoms with E-state index in [-0.39, 0.29) is 36.1 Å². The summed E-state index contributed by atoms with van der Waals surface area (Å²) >= 11 is 5.96. The lowest BCUT2D eigenvalue weighted by molar-refractivity contribution is -0.384. The number of halogens is 1. The molecule has 2 N–H and O–H groups in total. The van der Waals surface area contributed by atoms with Crippen molar-refractivity contribution in [2.24, 2.45) is 5.92 Å². The summed E-state index contributed by atoms with van der Waals surface area (Å²) in [7, 11) is 0. The van der Waals surface area contributed by atoms with Crippen LogP contribution in [0.4, 0.5) is 5.69 Å². The molecule has 1 atom stereocenters. The van der Waals surface area contributed by atoms with Crippen LogP contribution in [0.2, 0.25) is 5.02 Å². The fourth-order valence-electron chi connectivity index (χ4n) is 2.69. The number of hydrogen-bond acceptors (Lipinski definition) is 5. The summed E-state index contributed by atoms with van der Waals surface area (Å²) in [6.45, 7) is 0.229. The molecule has 1 amide bonds. The maximum atomic E-state index is 12.4. The van der Waals surface area contributed by atoms with Gasteiger partial charge in [-0.05, 0) is 36.2 Å². The second-order valence-electron chi connectivity index (χ2n) is 5.75. The van der Waals surface area contributed by atoms with Crippen LogP contribution in [0.5, 0.6) is 11.5 Å². The van der Waals surface area contributed by atoms with Crippen molar-refractivity contribution in [3.8, 4) is 11.5 Å². The zero-order valence-corrected chi connectivity index (χ0v) is 13.8. The van der Waals surface area contributed by atoms with Crippen LogP contribution < -0.4 is 10.1 Å². The molecule has 0 radical (unpaired) electrons. The Hall–Kier alpha value is -2.80. The first kappa shape index (κ1) is 17.0. The lowest BCUT2D eigenvalue weighted by Crippen LogP contribution is -2.37. The Kier molecular flexibility index (Phi) is 4.76. The zero-order valence-electron chi connectivity index (χ0n) is 13.1. The van der Waals surface area contributed by atoms with Gasteiger partial charge < -0.3 is 15.2 Å². The van der Waals surface area contributed by atoms with E-state index in [2.05, 4.69) is 5.32 Å². The summed E-state index contributed by atoms with van der Waals surface area (Å²) in [4.78, 5) is 22.6. The monoisotopic (exact) mass is 362 g/mol. The number of carbonyl (C=O) groups excluding carboxylic acids is 1. The number of ether oxygens (including phenoxy) is 1. The number of benzene rings is 2. The Bertz CT molecular complexity index is 840. The van der Waals surface area contributed by atoms with E-state index in [0.717, 1.165) is 5.56 Å². The van der Waals surface area contributed by atoms with Crippen molar-refractivity contribution in [2.75, 3.05) is 6.61 Å². The van der Waals surface area contributed by atoms with Crippen molar-refractivity contribution in [1.82, 2.24) is 5.32 Å². The Morgan fingerprint density at radius 2 is 2.16 bits per heavy atom. The molecule has 0 aromatic heterocycles. The van der Waals surface area contributed by atoms with Gasteiger partial charge in [0.25, 0.3) is 5.69 Å². The van der Waals surface area contributed by atoms with Gasteiger partial charge in [0.2, 0.25) is 5.91 Å². The third-order valence-electron chi connectivity index (χ3n) is 4.03. The van der Waals surface area contributed by atoms with E-state index in [1.807, 2.05) is 0 Å². The fourth-order valence-corrected chi connectivity index (χ4v) is 2.88. The number of nitrogens with one attached hydrogen (secondary N) is 1. The number of nitro benzene ring substituents is 1. The van der Waals surface area contributed by atoms with Gasteiger partial charge in [-0.2, -0.15) is 0 Å². The van der Waals surface area contributed by atoms with Crippen LogP contribution in [0, 0.1) is 16.0 Å². The number of amides is 1. The molecule has 0 aliphatic carbocycles. The average Bonchev–Trinajstić information content (AvgIpc) is 2.59. The van der Waals surface area contributed by atoms with Crippen LogP contribution in [0.1, 0.15) is 11.1 Å². The number of nitro groups is 1. The number of phenolic OH excluding ortho intramolecular Hbond substituents is 1. The normalized spacial score (nSPS) is 15.8. The number of hydrogen-bond donors (Lipinski definition) is 2. The van der Waals surface area contributed by atoms with Gasteiger partial charge in [-0.1, -0.05) is 11.6 Å². The Balaban J connectivity index is 1.66. The van der Waals surface area contributed by atoms with Gasteiger partial charge in [-0.3, -0.25) is 14.9 Å². The van der Waals surface area contributed by atoms with Crippen LogP contribution in [0.3, 0.4) is 0 Å². The second-order valence-corrected chi connectivity index (χ2v) is 6.19. The molecule has 1 aliphatic heterocycles. The number of fused-ring (bicyclic) bond motifs is 1. The van der Waals surface area contributed by atoms with E-state index in [4.69, 9.17) is 16.3 Å². The molecule has 130 valence electrons. The molecule has 0 bridgehead atoms. The lowest BCUT2D eigenvalue weighted by atomic mass is 9.96. The number of non-ortho nitro benzene ring substituents is 1. The predicted octanol–water partition coefficient (Wildman–Crippen LogP) is 2.82. The maximum absolute atomic E-state index is 12.4. The van der Waals surface area contributed by atoms with Gasteiger partial charge in [0.15, 0.2) is 0 Å². The largest absolute Gasteiger partial charge is 0.508 e. The number of aromatic hydroxyl groups is 1. The van der Waals surface area contributed by atoms with E-state index < -0.39 is 10.8 Å². The van der Waals surface area contributed by atoms with Crippen molar-refractivity contribution < 1.29 is 19.6 Å². The minimum atomic E-state index is -0.555. The van der Waals surface area contributed by atoms with Crippen LogP contribution in [-0.4, -0.2) is 22.5 Å². The molecule has 0 unspecified atom stereocenters. The Morgan fingerprint density at radius 3 is 2.92 bits per heavy atom. The molecule has 0 saturated carbocycles. The molecular formula is C17H15ClN2O5. The first-order valence-corrected chi connectivity index (χ1v) is 7.97. The lowest BCUT2D eigenvalue weighted by Gasteiger charge is -2.24. The number of rotatable bonds is 4. The molecule has 1 heterocycles. The number of phenols is 1. The fraction of sp³-hybridized carbons (Fsp3) is 0.235. The maximum Gasteiger partial charge on any atom is 0.270 e. The van der Waals surface area contributed by atoms with Gasteiger partial charge in [-0.25, -0.2) is 0 Å². The molecule has 0 spiro atoms. The summed E-state index contributed by atoms with van der Waals surface area (Å²) in [6.07, 6.45) is 0.489. The first-order valence-electron chi connectivity index (χ1n) is 7.59. The summed E-state index contributed by atoms with van der Waals surface area (Å²) in [5, 5.41) is 23.9. The first-order chi connectivity index (χ1) is 11.9. The summed E-state index contributed by atoms with van der Waals surface area (Å²) < 4.78 is 5.58. The Labute approximate surface area is 148 Å². The van der Waals surface area contributed by atoms with Gasteiger partial charge in [0.1, 0.15) is 18.1 Å². The highest BCUT2D eigenvalue weighted by Crippen LogP contribution is 2.30. The van der Waals surface area contributed by atoms with Crippen LogP contribution in [0.25, 0.3) is 0 Å². The standard InChI is InChI=1S/C17H15ClN2O5/c18-13-1-4-16-10(6-13)5-12(9-25-16)17(22)19-8-11-7-14(20(23)24)2-3-15(11)21/h1-4,6-7,12,21H,5,8-9H2,(H,19,22)/t12-/m0/s1. The van der Waals surface area contributed by atoms with Crippen molar-refractivity contribution in [1.29, 1.82) is 0 Å². The number of nitrogens with zero attached hydrogens (tertiary/aromatic N) is 1. The second kappa shape index (κ2) is 6.98. The van der Waals surface area contributed by atoms with E-state index >= 15 is 0 Å². The highest BCUT2D eigenvalue weighted by molar-refractivity contribution is 6.30. The van der Waals surface area contributed by atoms with Gasteiger partial charge in [0, 0.05) is 29.3 Å². The van der Waals surface area contributed by atoms with E-state index in [1.54, 1.807) is 18.2 Å². The number of carbonyl (C=O) groups is 1. The quantitative estimate of drug-likeness (QED) is 0.643. The van der Waals surface area contributed by atoms with Crippen LogP contribution in [0.15, 0.2) is 36.4 Å². The third-order valence-corrected chi connectivity index (χ3v) is 4.26. The van der Waals surface area contributed by atoms with E-state index in [0.29, 0.717) is 17.2 Å². The van der Waals surface area contributed by atoms with E-state index in [9.17, 15) is 20.0 Å². The van der Waals surface area contributed by atoms with Crippen LogP contribution in [-0.2, 0) is 17.8 Å². The SMILES string of the molecule is O=C(NCc1cc([N+](=O)[O-])ccc1O)[C@@H]1COc2ccc(Cl)cc2C1. The van der Waals surface area contributed by atoms with Gasteiger partial charge in [0.05, 0.1) is 10.8 Å². The molecule has 7 nitrogen and oxygen atoms in total. The summed E-state index contributed by atoms with van der Waals surface area (Å²) in [6, 6.07) is 8.95. The van der Waals surface area contributed by atoms with Crippen molar-refractivity contribution in [3.05, 3.63) is 62.7 Å². The molecule has 25 heavy (non-hydrogen) atoms. The molecule has 2 aromatic carbocycles. The smallest absolute Gasteiger partial charge is 0.270 e. The summed E-state index contributed by atoms with van der Waals surface area (Å²) in [5.74, 6) is -0.0453. The minimum Gasteiger partial charge on any atom is -0.508 e. The Morgan fingerprint density at radius 1 is 1.36 bits per heavy atom.